The Labute approximate surface area is 70.0 Å². The molecule has 6 nitrogen and oxygen atoms in total. The third-order valence-electron chi connectivity index (χ3n) is 1.41. The standard InChI is InChI=1S/C6H11N5O/c1-5-8-9-10-11(5)4-3-7-6(2)12/h3-4H2,1-2H3,(H,7,12). The van der Waals surface area contributed by atoms with E-state index in [0.717, 1.165) is 5.82 Å². The zero-order valence-electron chi connectivity index (χ0n) is 7.11. The monoisotopic (exact) mass is 169 g/mol. The van der Waals surface area contributed by atoms with E-state index >= 15 is 0 Å². The fraction of sp³-hybridized carbons (Fsp3) is 0.667. The topological polar surface area (TPSA) is 72.7 Å². The molecule has 6 heteroatoms. The SMILES string of the molecule is CC(=O)NCCn1nnnc1C. The molecule has 12 heavy (non-hydrogen) atoms. The van der Waals surface area contributed by atoms with E-state index in [-0.39, 0.29) is 5.91 Å². The molecule has 1 aromatic heterocycles. The van der Waals surface area contributed by atoms with Crippen LogP contribution in [0.4, 0.5) is 0 Å². The van der Waals surface area contributed by atoms with E-state index in [1.54, 1.807) is 4.68 Å². The highest BCUT2D eigenvalue weighted by atomic mass is 16.1. The van der Waals surface area contributed by atoms with Crippen LogP contribution in [-0.4, -0.2) is 32.7 Å². The third kappa shape index (κ3) is 2.30. The number of amides is 1. The van der Waals surface area contributed by atoms with Crippen molar-refractivity contribution in [3.63, 3.8) is 0 Å². The summed E-state index contributed by atoms with van der Waals surface area (Å²) in [7, 11) is 0. The summed E-state index contributed by atoms with van der Waals surface area (Å²) >= 11 is 0. The molecule has 1 amide bonds. The van der Waals surface area contributed by atoms with Crippen LogP contribution in [0.1, 0.15) is 12.7 Å². The average Bonchev–Trinajstić information content (AvgIpc) is 2.36. The number of rotatable bonds is 3. The van der Waals surface area contributed by atoms with Crippen LogP contribution in [0.15, 0.2) is 0 Å². The Morgan fingerprint density at radius 2 is 2.42 bits per heavy atom. The molecule has 0 aliphatic carbocycles. The van der Waals surface area contributed by atoms with Crippen LogP contribution < -0.4 is 5.32 Å². The number of tetrazole rings is 1. The van der Waals surface area contributed by atoms with Gasteiger partial charge in [0.05, 0.1) is 6.54 Å². The van der Waals surface area contributed by atoms with E-state index in [0.29, 0.717) is 13.1 Å². The maximum Gasteiger partial charge on any atom is 0.216 e. The number of nitrogens with one attached hydrogen (secondary N) is 1. The lowest BCUT2D eigenvalue weighted by Gasteiger charge is -2.01. The van der Waals surface area contributed by atoms with Crippen molar-refractivity contribution in [2.75, 3.05) is 6.54 Å². The molecule has 0 aliphatic heterocycles. The third-order valence-corrected chi connectivity index (χ3v) is 1.41. The molecular formula is C6H11N5O. The summed E-state index contributed by atoms with van der Waals surface area (Å²) in [5, 5.41) is 13.5. The minimum atomic E-state index is -0.0410. The van der Waals surface area contributed by atoms with Gasteiger partial charge < -0.3 is 5.32 Å². The highest BCUT2D eigenvalue weighted by Crippen LogP contribution is 1.85. The minimum Gasteiger partial charge on any atom is -0.354 e. The van der Waals surface area contributed by atoms with Crippen LogP contribution in [0, 0.1) is 6.92 Å². The van der Waals surface area contributed by atoms with Gasteiger partial charge >= 0.3 is 0 Å². The van der Waals surface area contributed by atoms with Gasteiger partial charge in [0.15, 0.2) is 0 Å². The lowest BCUT2D eigenvalue weighted by Crippen LogP contribution is -2.25. The quantitative estimate of drug-likeness (QED) is 0.637. The molecule has 0 aromatic carbocycles. The van der Waals surface area contributed by atoms with Crippen LogP contribution in [0.25, 0.3) is 0 Å². The number of hydrogen-bond acceptors (Lipinski definition) is 4. The molecule has 1 rings (SSSR count). The van der Waals surface area contributed by atoms with Crippen molar-refractivity contribution in [2.24, 2.45) is 0 Å². The van der Waals surface area contributed by atoms with E-state index in [9.17, 15) is 4.79 Å². The number of nitrogens with zero attached hydrogens (tertiary/aromatic N) is 4. The van der Waals surface area contributed by atoms with Gasteiger partial charge in [-0.3, -0.25) is 4.79 Å². The molecule has 1 aromatic rings. The summed E-state index contributed by atoms with van der Waals surface area (Å²) in [6.07, 6.45) is 0. The normalized spacial score (nSPS) is 9.83. The second kappa shape index (κ2) is 3.80. The predicted molar refractivity (Wildman–Crippen MR) is 41.2 cm³/mol. The molecule has 1 heterocycles. The van der Waals surface area contributed by atoms with Gasteiger partial charge in [-0.25, -0.2) is 4.68 Å². The molecule has 0 spiro atoms. The van der Waals surface area contributed by atoms with Gasteiger partial charge in [0.25, 0.3) is 0 Å². The van der Waals surface area contributed by atoms with Crippen LogP contribution in [-0.2, 0) is 11.3 Å². The van der Waals surface area contributed by atoms with Gasteiger partial charge in [-0.1, -0.05) is 0 Å². The second-order valence-corrected chi connectivity index (χ2v) is 2.43. The first kappa shape index (κ1) is 8.63. The Bertz CT molecular complexity index is 269. The van der Waals surface area contributed by atoms with Crippen LogP contribution in [0.5, 0.6) is 0 Å². The van der Waals surface area contributed by atoms with Crippen molar-refractivity contribution in [1.29, 1.82) is 0 Å². The van der Waals surface area contributed by atoms with Crippen molar-refractivity contribution >= 4 is 5.91 Å². The summed E-state index contributed by atoms with van der Waals surface area (Å²) < 4.78 is 1.63. The maximum atomic E-state index is 10.5. The second-order valence-electron chi connectivity index (χ2n) is 2.43. The molecule has 0 saturated heterocycles. The minimum absolute atomic E-state index is 0.0410. The molecule has 1 N–H and O–H groups in total. The first-order valence-electron chi connectivity index (χ1n) is 3.67. The first-order valence-corrected chi connectivity index (χ1v) is 3.67. The summed E-state index contributed by atoms with van der Waals surface area (Å²) in [4.78, 5) is 10.5. The number of aromatic nitrogens is 4. The van der Waals surface area contributed by atoms with E-state index in [1.807, 2.05) is 6.92 Å². The smallest absolute Gasteiger partial charge is 0.216 e. The van der Waals surface area contributed by atoms with E-state index in [4.69, 9.17) is 0 Å². The molecule has 0 unspecified atom stereocenters. The zero-order valence-corrected chi connectivity index (χ0v) is 7.11. The molecule has 0 radical (unpaired) electrons. The Kier molecular flexibility index (Phi) is 2.73. The number of carbonyl (C=O) groups is 1. The van der Waals surface area contributed by atoms with Gasteiger partial charge in [-0.15, -0.1) is 5.10 Å². The maximum absolute atomic E-state index is 10.5. The Morgan fingerprint density at radius 1 is 1.67 bits per heavy atom. The zero-order chi connectivity index (χ0) is 8.97. The summed E-state index contributed by atoms with van der Waals surface area (Å²) in [6.45, 7) is 4.46. The lowest BCUT2D eigenvalue weighted by molar-refractivity contribution is -0.118. The van der Waals surface area contributed by atoms with Crippen LogP contribution in [0.2, 0.25) is 0 Å². The Balaban J connectivity index is 2.33. The van der Waals surface area contributed by atoms with Crippen molar-refractivity contribution in [1.82, 2.24) is 25.5 Å². The summed E-state index contributed by atoms with van der Waals surface area (Å²) in [5.41, 5.74) is 0. The highest BCUT2D eigenvalue weighted by molar-refractivity contribution is 5.72. The van der Waals surface area contributed by atoms with E-state index in [2.05, 4.69) is 20.8 Å². The Morgan fingerprint density at radius 3 is 2.92 bits per heavy atom. The van der Waals surface area contributed by atoms with Gasteiger partial charge in [0.1, 0.15) is 5.82 Å². The van der Waals surface area contributed by atoms with Crippen molar-refractivity contribution in [3.8, 4) is 0 Å². The van der Waals surface area contributed by atoms with Crippen LogP contribution in [0.3, 0.4) is 0 Å². The largest absolute Gasteiger partial charge is 0.354 e. The molecular weight excluding hydrogens is 158 g/mol. The number of aryl methyl sites for hydroxylation is 1. The predicted octanol–water partition coefficient (Wildman–Crippen LogP) is -0.882. The van der Waals surface area contributed by atoms with E-state index < -0.39 is 0 Å². The van der Waals surface area contributed by atoms with E-state index in [1.165, 1.54) is 6.92 Å². The van der Waals surface area contributed by atoms with Gasteiger partial charge in [0.2, 0.25) is 5.91 Å². The fourth-order valence-electron chi connectivity index (χ4n) is 0.794. The summed E-state index contributed by atoms with van der Waals surface area (Å²) in [6, 6.07) is 0. The Hall–Kier alpha value is -1.46. The number of carbonyl (C=O) groups excluding carboxylic acids is 1. The summed E-state index contributed by atoms with van der Waals surface area (Å²) in [5.74, 6) is 0.709. The van der Waals surface area contributed by atoms with Gasteiger partial charge in [-0.2, -0.15) is 0 Å². The first-order chi connectivity index (χ1) is 5.70. The molecule has 0 fully saturated rings. The molecule has 66 valence electrons. The fourth-order valence-corrected chi connectivity index (χ4v) is 0.794. The lowest BCUT2D eigenvalue weighted by atomic mass is 10.5. The molecule has 0 saturated carbocycles. The molecule has 0 bridgehead atoms. The van der Waals surface area contributed by atoms with Crippen molar-refractivity contribution < 1.29 is 4.79 Å². The average molecular weight is 169 g/mol. The van der Waals surface area contributed by atoms with Crippen LogP contribution >= 0.6 is 0 Å². The van der Waals surface area contributed by atoms with Gasteiger partial charge in [-0.05, 0) is 17.4 Å². The molecule has 0 aliphatic rings. The molecule has 0 atom stereocenters. The van der Waals surface area contributed by atoms with Crippen molar-refractivity contribution in [3.05, 3.63) is 5.82 Å². The highest BCUT2D eigenvalue weighted by Gasteiger charge is 1.98. The number of hydrogen-bond donors (Lipinski definition) is 1. The van der Waals surface area contributed by atoms with Gasteiger partial charge in [0, 0.05) is 13.5 Å². The van der Waals surface area contributed by atoms with Crippen molar-refractivity contribution in [2.45, 2.75) is 20.4 Å².